The Balaban J connectivity index is 1.28. The van der Waals surface area contributed by atoms with Gasteiger partial charge in [-0.2, -0.15) is 0 Å². The molecule has 2 aromatic carbocycles. The number of rotatable bonds is 9. The van der Waals surface area contributed by atoms with Crippen molar-refractivity contribution < 1.29 is 4.74 Å². The molecule has 168 valence electrons. The van der Waals surface area contributed by atoms with Gasteiger partial charge in [-0.3, -0.25) is 19.9 Å². The summed E-state index contributed by atoms with van der Waals surface area (Å²) >= 11 is 0. The van der Waals surface area contributed by atoms with Crippen LogP contribution in [0.2, 0.25) is 0 Å². The van der Waals surface area contributed by atoms with Gasteiger partial charge in [-0.05, 0) is 59.3 Å². The van der Waals surface area contributed by atoms with E-state index in [1.54, 1.807) is 0 Å². The molecule has 0 saturated heterocycles. The van der Waals surface area contributed by atoms with E-state index in [9.17, 15) is 0 Å². The van der Waals surface area contributed by atoms with E-state index in [2.05, 4.69) is 45.2 Å². The molecule has 0 radical (unpaired) electrons. The maximum absolute atomic E-state index is 6.06. The third kappa shape index (κ3) is 5.82. The van der Waals surface area contributed by atoms with Gasteiger partial charge < -0.3 is 4.74 Å². The Labute approximate surface area is 199 Å². The highest BCUT2D eigenvalue weighted by atomic mass is 16.5. The van der Waals surface area contributed by atoms with Crippen LogP contribution in [0.15, 0.2) is 109 Å². The van der Waals surface area contributed by atoms with Crippen LogP contribution < -0.4 is 4.74 Å². The summed E-state index contributed by atoms with van der Waals surface area (Å²) in [6, 6.07) is 32.6. The minimum absolute atomic E-state index is 0.423. The first-order valence-electron chi connectivity index (χ1n) is 11.4. The van der Waals surface area contributed by atoms with E-state index in [1.807, 2.05) is 79.1 Å². The zero-order chi connectivity index (χ0) is 23.0. The molecule has 0 spiro atoms. The molecular formula is C29H26N4O. The average molecular weight is 447 g/mol. The molecular weight excluding hydrogens is 420 g/mol. The van der Waals surface area contributed by atoms with Crippen LogP contribution in [0.1, 0.15) is 22.8 Å². The second-order valence-corrected chi connectivity index (χ2v) is 8.21. The second-order valence-electron chi connectivity index (χ2n) is 8.21. The molecule has 5 rings (SSSR count). The smallest absolute Gasteiger partial charge is 0.130 e. The predicted octanol–water partition coefficient (Wildman–Crippen LogP) is 5.81. The molecule has 34 heavy (non-hydrogen) atoms. The van der Waals surface area contributed by atoms with Gasteiger partial charge in [0.1, 0.15) is 12.4 Å². The van der Waals surface area contributed by atoms with Crippen molar-refractivity contribution in [2.24, 2.45) is 0 Å². The third-order valence-corrected chi connectivity index (χ3v) is 5.58. The lowest BCUT2D eigenvalue weighted by Crippen LogP contribution is -2.24. The van der Waals surface area contributed by atoms with Gasteiger partial charge in [-0.25, -0.2) is 0 Å². The predicted molar refractivity (Wildman–Crippen MR) is 134 cm³/mol. The number of pyridine rings is 3. The lowest BCUT2D eigenvalue weighted by molar-refractivity contribution is 0.237. The number of fused-ring (bicyclic) bond motifs is 1. The minimum Gasteiger partial charge on any atom is -0.487 e. The molecule has 5 heteroatoms. The monoisotopic (exact) mass is 446 g/mol. The highest BCUT2D eigenvalue weighted by Gasteiger charge is 2.11. The van der Waals surface area contributed by atoms with Gasteiger partial charge in [0, 0.05) is 32.0 Å². The van der Waals surface area contributed by atoms with Crippen LogP contribution in [-0.2, 0) is 26.2 Å². The van der Waals surface area contributed by atoms with Crippen molar-refractivity contribution in [3.63, 3.8) is 0 Å². The molecule has 0 unspecified atom stereocenters. The molecule has 0 N–H and O–H groups in total. The van der Waals surface area contributed by atoms with E-state index in [1.165, 1.54) is 10.8 Å². The Morgan fingerprint density at radius 2 is 1.18 bits per heavy atom. The molecule has 0 aliphatic heterocycles. The first-order chi connectivity index (χ1) is 16.8. The van der Waals surface area contributed by atoms with Gasteiger partial charge in [-0.1, -0.05) is 48.5 Å². The van der Waals surface area contributed by atoms with E-state index in [4.69, 9.17) is 9.72 Å². The molecule has 5 nitrogen and oxygen atoms in total. The average Bonchev–Trinajstić information content (AvgIpc) is 2.89. The lowest BCUT2D eigenvalue weighted by atomic mass is 10.1. The maximum Gasteiger partial charge on any atom is 0.130 e. The Morgan fingerprint density at radius 1 is 0.559 bits per heavy atom. The molecule has 0 fully saturated rings. The van der Waals surface area contributed by atoms with Crippen LogP contribution in [0.3, 0.4) is 0 Å². The van der Waals surface area contributed by atoms with Crippen molar-refractivity contribution in [3.8, 4) is 5.75 Å². The molecule has 0 saturated carbocycles. The zero-order valence-corrected chi connectivity index (χ0v) is 18.9. The summed E-state index contributed by atoms with van der Waals surface area (Å²) in [7, 11) is 0. The minimum atomic E-state index is 0.423. The number of hydrogen-bond acceptors (Lipinski definition) is 5. The van der Waals surface area contributed by atoms with Gasteiger partial charge in [0.2, 0.25) is 0 Å². The molecule has 0 atom stereocenters. The van der Waals surface area contributed by atoms with Crippen LogP contribution in [-0.4, -0.2) is 19.9 Å². The van der Waals surface area contributed by atoms with E-state index in [-0.39, 0.29) is 0 Å². The Hall–Kier alpha value is -4.09. The highest BCUT2D eigenvalue weighted by molar-refractivity contribution is 5.83. The summed E-state index contributed by atoms with van der Waals surface area (Å²) < 4.78 is 6.06. The van der Waals surface area contributed by atoms with Crippen LogP contribution in [0.4, 0.5) is 0 Å². The van der Waals surface area contributed by atoms with E-state index >= 15 is 0 Å². The zero-order valence-electron chi connectivity index (χ0n) is 18.9. The Kier molecular flexibility index (Phi) is 6.83. The lowest BCUT2D eigenvalue weighted by Gasteiger charge is -2.21. The van der Waals surface area contributed by atoms with Crippen molar-refractivity contribution in [1.82, 2.24) is 19.9 Å². The largest absolute Gasteiger partial charge is 0.487 e. The number of aromatic nitrogens is 3. The maximum atomic E-state index is 6.06. The van der Waals surface area contributed by atoms with E-state index < -0.39 is 0 Å². The quantitative estimate of drug-likeness (QED) is 0.286. The summed E-state index contributed by atoms with van der Waals surface area (Å²) in [4.78, 5) is 16.2. The van der Waals surface area contributed by atoms with Gasteiger partial charge >= 0.3 is 0 Å². The van der Waals surface area contributed by atoms with Crippen molar-refractivity contribution in [2.75, 3.05) is 0 Å². The van der Waals surface area contributed by atoms with E-state index in [0.29, 0.717) is 13.2 Å². The Bertz CT molecular complexity index is 1300. The fraction of sp³-hybridized carbons (Fsp3) is 0.138. The van der Waals surface area contributed by atoms with Crippen molar-refractivity contribution in [2.45, 2.75) is 26.2 Å². The summed E-state index contributed by atoms with van der Waals surface area (Å²) in [6.45, 7) is 2.55. The third-order valence-electron chi connectivity index (χ3n) is 5.58. The standard InChI is InChI=1S/C29H26N4O/c1-2-9-24-18-29(15-14-23(24)8-1)34-22-28-13-7-12-27(32-28)21-33(19-25-10-3-5-16-30-25)20-26-11-4-6-17-31-26/h1-18H,19-22H2. The summed E-state index contributed by atoms with van der Waals surface area (Å²) in [5.41, 5.74) is 3.94. The molecule has 3 aromatic heterocycles. The number of benzene rings is 2. The van der Waals surface area contributed by atoms with E-state index in [0.717, 1.165) is 41.6 Å². The van der Waals surface area contributed by atoms with Crippen LogP contribution in [0.5, 0.6) is 5.75 Å². The molecule has 5 aromatic rings. The molecule has 0 aliphatic rings. The number of hydrogen-bond donors (Lipinski definition) is 0. The molecule has 3 heterocycles. The second kappa shape index (κ2) is 10.7. The fourth-order valence-electron chi connectivity index (χ4n) is 3.95. The molecule has 0 bridgehead atoms. The van der Waals surface area contributed by atoms with Crippen LogP contribution in [0, 0.1) is 0 Å². The van der Waals surface area contributed by atoms with Gasteiger partial charge in [0.15, 0.2) is 0 Å². The normalized spacial score (nSPS) is 11.1. The number of ether oxygens (including phenoxy) is 1. The summed E-state index contributed by atoms with van der Waals surface area (Å²) in [5, 5.41) is 2.37. The van der Waals surface area contributed by atoms with Crippen LogP contribution in [0.25, 0.3) is 10.8 Å². The van der Waals surface area contributed by atoms with Gasteiger partial charge in [0.05, 0.1) is 22.8 Å². The first-order valence-corrected chi connectivity index (χ1v) is 11.4. The Morgan fingerprint density at radius 3 is 1.88 bits per heavy atom. The summed E-state index contributed by atoms with van der Waals surface area (Å²) in [5.74, 6) is 0.845. The first kappa shape index (κ1) is 21.7. The fourth-order valence-corrected chi connectivity index (χ4v) is 3.95. The van der Waals surface area contributed by atoms with Crippen molar-refractivity contribution >= 4 is 10.8 Å². The topological polar surface area (TPSA) is 51.1 Å². The number of nitrogens with zero attached hydrogens (tertiary/aromatic N) is 4. The summed E-state index contributed by atoms with van der Waals surface area (Å²) in [6.07, 6.45) is 3.66. The SMILES string of the molecule is c1ccc(CN(Cc2ccccn2)Cc2cccc(COc3ccc4ccccc4c3)n2)nc1. The van der Waals surface area contributed by atoms with Gasteiger partial charge in [0.25, 0.3) is 0 Å². The van der Waals surface area contributed by atoms with Crippen LogP contribution >= 0.6 is 0 Å². The van der Waals surface area contributed by atoms with Crippen molar-refractivity contribution in [1.29, 1.82) is 0 Å². The molecule has 0 amide bonds. The van der Waals surface area contributed by atoms with Gasteiger partial charge in [-0.15, -0.1) is 0 Å². The highest BCUT2D eigenvalue weighted by Crippen LogP contribution is 2.21. The van der Waals surface area contributed by atoms with Crippen molar-refractivity contribution in [3.05, 3.63) is 132 Å². The molecule has 0 aliphatic carbocycles.